The van der Waals surface area contributed by atoms with Crippen LogP contribution in [-0.2, 0) is 13.5 Å². The van der Waals surface area contributed by atoms with E-state index in [4.69, 9.17) is 10.3 Å². The topological polar surface area (TPSA) is 69.0 Å². The van der Waals surface area contributed by atoms with Crippen LogP contribution in [0.5, 0.6) is 0 Å². The van der Waals surface area contributed by atoms with Gasteiger partial charge in [0.2, 0.25) is 0 Å². The maximum atomic E-state index is 5.48. The molecular weight excluding hydrogens is 192 g/mol. The lowest BCUT2D eigenvalue weighted by atomic mass is 10.1. The molecule has 0 aliphatic carbocycles. The quantitative estimate of drug-likeness (QED) is 0.572. The maximum Gasteiger partial charge on any atom is 0.122 e. The number of hydrogen-bond donors (Lipinski definition) is 2. The Hall–Kier alpha value is -1.59. The van der Waals surface area contributed by atoms with Gasteiger partial charge in [-0.25, -0.2) is 10.4 Å². The Labute approximate surface area is 87.9 Å². The fraction of sp³-hybridized carbons (Fsp3) is 0.300. The molecule has 2 heterocycles. The molecule has 2 rings (SSSR count). The first-order valence-corrected chi connectivity index (χ1v) is 4.77. The Morgan fingerprint density at radius 2 is 2.53 bits per heavy atom. The molecule has 1 unspecified atom stereocenters. The van der Waals surface area contributed by atoms with Crippen LogP contribution in [0.15, 0.2) is 35.2 Å². The molecule has 3 N–H and O–H groups in total. The summed E-state index contributed by atoms with van der Waals surface area (Å²) in [5, 5.41) is 0. The van der Waals surface area contributed by atoms with Gasteiger partial charge in [-0.1, -0.05) is 0 Å². The summed E-state index contributed by atoms with van der Waals surface area (Å²) >= 11 is 0. The molecule has 80 valence electrons. The zero-order valence-electron chi connectivity index (χ0n) is 8.55. The van der Waals surface area contributed by atoms with Gasteiger partial charge in [-0.2, -0.15) is 0 Å². The van der Waals surface area contributed by atoms with Gasteiger partial charge in [0.1, 0.15) is 11.6 Å². The van der Waals surface area contributed by atoms with Gasteiger partial charge in [-0.05, 0) is 12.1 Å². The SMILES string of the molecule is Cn1ccnc1CC(NN)c1ccco1. The highest BCUT2D eigenvalue weighted by molar-refractivity contribution is 5.07. The third kappa shape index (κ3) is 2.08. The summed E-state index contributed by atoms with van der Waals surface area (Å²) < 4.78 is 7.26. The minimum Gasteiger partial charge on any atom is -0.468 e. The number of imidazole rings is 1. The second kappa shape index (κ2) is 4.29. The average molecular weight is 206 g/mol. The van der Waals surface area contributed by atoms with Crippen LogP contribution in [0.4, 0.5) is 0 Å². The van der Waals surface area contributed by atoms with Crippen LogP contribution in [0.25, 0.3) is 0 Å². The van der Waals surface area contributed by atoms with E-state index in [-0.39, 0.29) is 6.04 Å². The van der Waals surface area contributed by atoms with E-state index < -0.39 is 0 Å². The number of hydrazine groups is 1. The lowest BCUT2D eigenvalue weighted by Gasteiger charge is -2.12. The predicted octanol–water partition coefficient (Wildman–Crippen LogP) is 0.760. The highest BCUT2D eigenvalue weighted by Crippen LogP contribution is 2.16. The van der Waals surface area contributed by atoms with Gasteiger partial charge in [-0.15, -0.1) is 0 Å². The standard InChI is InChI=1S/C10H14N4O/c1-14-5-4-12-10(14)7-8(13-11)9-3-2-6-15-9/h2-6,8,13H,7,11H2,1H3. The highest BCUT2D eigenvalue weighted by atomic mass is 16.3. The second-order valence-corrected chi connectivity index (χ2v) is 3.39. The van der Waals surface area contributed by atoms with Crippen LogP contribution in [0, 0.1) is 0 Å². The van der Waals surface area contributed by atoms with E-state index in [0.29, 0.717) is 6.42 Å². The normalized spacial score (nSPS) is 12.9. The molecule has 0 aromatic carbocycles. The summed E-state index contributed by atoms with van der Waals surface area (Å²) in [5.74, 6) is 7.27. The number of nitrogens with one attached hydrogen (secondary N) is 1. The number of aromatic nitrogens is 2. The van der Waals surface area contributed by atoms with Crippen LogP contribution in [-0.4, -0.2) is 9.55 Å². The van der Waals surface area contributed by atoms with Crippen molar-refractivity contribution < 1.29 is 4.42 Å². The molecular formula is C10H14N4O. The predicted molar refractivity (Wildman–Crippen MR) is 55.7 cm³/mol. The molecule has 0 spiro atoms. The minimum atomic E-state index is -0.0406. The Bertz CT molecular complexity index is 407. The van der Waals surface area contributed by atoms with E-state index in [1.165, 1.54) is 0 Å². The van der Waals surface area contributed by atoms with Gasteiger partial charge in [0.05, 0.1) is 12.3 Å². The Kier molecular flexibility index (Phi) is 2.84. The smallest absolute Gasteiger partial charge is 0.122 e. The van der Waals surface area contributed by atoms with E-state index in [1.807, 2.05) is 29.9 Å². The minimum absolute atomic E-state index is 0.0406. The molecule has 2 aromatic rings. The maximum absolute atomic E-state index is 5.48. The largest absolute Gasteiger partial charge is 0.468 e. The molecule has 0 fully saturated rings. The van der Waals surface area contributed by atoms with E-state index in [1.54, 1.807) is 12.5 Å². The van der Waals surface area contributed by atoms with Crippen molar-refractivity contribution in [2.24, 2.45) is 12.9 Å². The molecule has 0 amide bonds. The number of nitrogens with two attached hydrogens (primary N) is 1. The van der Waals surface area contributed by atoms with Gasteiger partial charge in [0.25, 0.3) is 0 Å². The monoisotopic (exact) mass is 206 g/mol. The summed E-state index contributed by atoms with van der Waals surface area (Å²) in [4.78, 5) is 4.24. The Morgan fingerprint density at radius 3 is 3.07 bits per heavy atom. The molecule has 5 heteroatoms. The second-order valence-electron chi connectivity index (χ2n) is 3.39. The van der Waals surface area contributed by atoms with Crippen molar-refractivity contribution in [2.75, 3.05) is 0 Å². The average Bonchev–Trinajstić information content (AvgIpc) is 2.86. The molecule has 0 bridgehead atoms. The summed E-state index contributed by atoms with van der Waals surface area (Å²) in [6.45, 7) is 0. The van der Waals surface area contributed by atoms with Gasteiger partial charge in [-0.3, -0.25) is 5.84 Å². The third-order valence-electron chi connectivity index (χ3n) is 2.40. The number of nitrogens with zero attached hydrogens (tertiary/aromatic N) is 2. The van der Waals surface area contributed by atoms with Crippen molar-refractivity contribution >= 4 is 0 Å². The Morgan fingerprint density at radius 1 is 1.67 bits per heavy atom. The highest BCUT2D eigenvalue weighted by Gasteiger charge is 2.15. The first-order chi connectivity index (χ1) is 7.31. The number of aryl methyl sites for hydroxylation is 1. The van der Waals surface area contributed by atoms with Crippen LogP contribution in [0.2, 0.25) is 0 Å². The lowest BCUT2D eigenvalue weighted by molar-refractivity contribution is 0.409. The fourth-order valence-corrected chi connectivity index (χ4v) is 1.51. The number of hydrogen-bond acceptors (Lipinski definition) is 4. The summed E-state index contributed by atoms with van der Waals surface area (Å²) in [6, 6.07) is 3.70. The molecule has 0 radical (unpaired) electrons. The third-order valence-corrected chi connectivity index (χ3v) is 2.40. The van der Waals surface area contributed by atoms with Gasteiger partial charge in [0.15, 0.2) is 0 Å². The summed E-state index contributed by atoms with van der Waals surface area (Å²) in [7, 11) is 1.96. The van der Waals surface area contributed by atoms with Crippen molar-refractivity contribution in [2.45, 2.75) is 12.5 Å². The van der Waals surface area contributed by atoms with Gasteiger partial charge >= 0.3 is 0 Å². The van der Waals surface area contributed by atoms with E-state index in [9.17, 15) is 0 Å². The van der Waals surface area contributed by atoms with Crippen molar-refractivity contribution in [1.82, 2.24) is 15.0 Å². The van der Waals surface area contributed by atoms with Crippen molar-refractivity contribution in [3.8, 4) is 0 Å². The van der Waals surface area contributed by atoms with E-state index >= 15 is 0 Å². The van der Waals surface area contributed by atoms with Crippen LogP contribution in [0.3, 0.4) is 0 Å². The molecule has 0 aliphatic rings. The molecule has 0 saturated carbocycles. The van der Waals surface area contributed by atoms with Crippen molar-refractivity contribution in [1.29, 1.82) is 0 Å². The van der Waals surface area contributed by atoms with Crippen LogP contribution >= 0.6 is 0 Å². The zero-order valence-corrected chi connectivity index (χ0v) is 8.55. The summed E-state index contributed by atoms with van der Waals surface area (Å²) in [5.41, 5.74) is 2.72. The molecule has 0 saturated heterocycles. The fourth-order valence-electron chi connectivity index (χ4n) is 1.51. The van der Waals surface area contributed by atoms with E-state index in [0.717, 1.165) is 11.6 Å². The zero-order chi connectivity index (χ0) is 10.7. The number of furan rings is 1. The van der Waals surface area contributed by atoms with Gasteiger partial charge < -0.3 is 8.98 Å². The van der Waals surface area contributed by atoms with Gasteiger partial charge in [0, 0.05) is 25.9 Å². The number of rotatable bonds is 4. The molecule has 5 nitrogen and oxygen atoms in total. The lowest BCUT2D eigenvalue weighted by Crippen LogP contribution is -2.30. The molecule has 15 heavy (non-hydrogen) atoms. The van der Waals surface area contributed by atoms with Crippen LogP contribution in [0.1, 0.15) is 17.6 Å². The van der Waals surface area contributed by atoms with Crippen LogP contribution < -0.4 is 11.3 Å². The van der Waals surface area contributed by atoms with Crippen molar-refractivity contribution in [3.63, 3.8) is 0 Å². The van der Waals surface area contributed by atoms with E-state index in [2.05, 4.69) is 10.4 Å². The molecule has 2 aromatic heterocycles. The molecule has 1 atom stereocenters. The first kappa shape index (κ1) is 9.95. The Balaban J connectivity index is 2.13. The van der Waals surface area contributed by atoms with Crippen molar-refractivity contribution in [3.05, 3.63) is 42.4 Å². The molecule has 0 aliphatic heterocycles. The summed E-state index contributed by atoms with van der Waals surface area (Å²) in [6.07, 6.45) is 6.02. The first-order valence-electron chi connectivity index (χ1n) is 4.77.